The molecule has 3 N–H and O–H groups in total. The Balaban J connectivity index is 0.00000188. The molecule has 270 valence electrons. The number of pyridine rings is 1. The van der Waals surface area contributed by atoms with Crippen LogP contribution in [0.15, 0.2) is 67.0 Å². The highest BCUT2D eigenvalue weighted by molar-refractivity contribution is 5.73. The summed E-state index contributed by atoms with van der Waals surface area (Å²) in [6.45, 7) is 13.5. The third-order valence-electron chi connectivity index (χ3n) is 9.11. The summed E-state index contributed by atoms with van der Waals surface area (Å²) >= 11 is 0. The van der Waals surface area contributed by atoms with E-state index in [1.165, 1.54) is 48.8 Å². The lowest BCUT2D eigenvalue weighted by Gasteiger charge is -2.20. The molecule has 5 rings (SSSR count). The van der Waals surface area contributed by atoms with Gasteiger partial charge < -0.3 is 34.6 Å². The maximum atomic E-state index is 9.54. The lowest BCUT2D eigenvalue weighted by molar-refractivity contribution is -0.122. The number of aromatic nitrogens is 1. The molecule has 0 spiro atoms. The summed E-state index contributed by atoms with van der Waals surface area (Å²) < 4.78 is 19.0. The number of rotatable bonds is 16. The molecule has 3 aromatic carbocycles. The first-order valence-corrected chi connectivity index (χ1v) is 17.5. The summed E-state index contributed by atoms with van der Waals surface area (Å²) in [6, 6.07) is 20.5. The molecule has 0 amide bonds. The molecule has 0 aliphatic carbocycles. The van der Waals surface area contributed by atoms with E-state index in [2.05, 4.69) is 71.5 Å². The van der Waals surface area contributed by atoms with Crippen LogP contribution in [0, 0.1) is 32.1 Å². The topological polar surface area (TPSA) is 137 Å². The number of carbonyl (C=O) groups is 1. The first-order chi connectivity index (χ1) is 24.8. The van der Waals surface area contributed by atoms with Crippen LogP contribution in [0.3, 0.4) is 0 Å². The second-order valence-electron chi connectivity index (χ2n) is 12.8. The molecule has 0 bridgehead atoms. The van der Waals surface area contributed by atoms with Crippen LogP contribution in [0.1, 0.15) is 65.1 Å². The molecule has 1 atom stereocenters. The van der Waals surface area contributed by atoms with E-state index in [-0.39, 0.29) is 25.7 Å². The minimum Gasteiger partial charge on any atom is -0.493 e. The van der Waals surface area contributed by atoms with Crippen molar-refractivity contribution >= 4 is 6.47 Å². The van der Waals surface area contributed by atoms with Crippen LogP contribution in [0.4, 0.5) is 0 Å². The van der Waals surface area contributed by atoms with Crippen LogP contribution < -0.4 is 19.5 Å². The van der Waals surface area contributed by atoms with Crippen molar-refractivity contribution in [2.45, 2.75) is 72.8 Å². The molecule has 1 unspecified atom stereocenters. The van der Waals surface area contributed by atoms with E-state index in [0.29, 0.717) is 30.2 Å². The van der Waals surface area contributed by atoms with Gasteiger partial charge >= 0.3 is 0 Å². The van der Waals surface area contributed by atoms with E-state index in [1.54, 1.807) is 12.3 Å². The molecule has 0 radical (unpaired) electrons. The Morgan fingerprint density at radius 1 is 0.961 bits per heavy atom. The Morgan fingerprint density at radius 2 is 1.69 bits per heavy atom. The Kier molecular flexibility index (Phi) is 15.3. The number of aryl methyl sites for hydroxylation is 1. The van der Waals surface area contributed by atoms with Crippen molar-refractivity contribution in [3.8, 4) is 34.4 Å². The van der Waals surface area contributed by atoms with E-state index in [1.807, 2.05) is 26.0 Å². The van der Waals surface area contributed by atoms with Gasteiger partial charge in [0.25, 0.3) is 6.47 Å². The molecule has 10 heteroatoms. The second kappa shape index (κ2) is 20.0. The molecule has 10 nitrogen and oxygen atoms in total. The smallest absolute Gasteiger partial charge is 0.290 e. The maximum Gasteiger partial charge on any atom is 0.290 e. The summed E-state index contributed by atoms with van der Waals surface area (Å²) in [5.74, 6) is 2.33. The predicted octanol–water partition coefficient (Wildman–Crippen LogP) is 6.74. The van der Waals surface area contributed by atoms with Crippen molar-refractivity contribution in [3.05, 3.63) is 106 Å². The van der Waals surface area contributed by atoms with Crippen molar-refractivity contribution in [1.82, 2.24) is 15.2 Å². The molecular formula is C41H50N4O6. The summed E-state index contributed by atoms with van der Waals surface area (Å²) in [7, 11) is 0. The average Bonchev–Trinajstić information content (AvgIpc) is 3.66. The highest BCUT2D eigenvalue weighted by Crippen LogP contribution is 2.34. The molecular weight excluding hydrogens is 644 g/mol. The van der Waals surface area contributed by atoms with E-state index < -0.39 is 0 Å². The molecule has 1 saturated heterocycles. The number of likely N-dealkylation sites (tertiary alicyclic amines) is 1. The molecule has 1 aliphatic heterocycles. The Morgan fingerprint density at radius 3 is 2.41 bits per heavy atom. The number of aliphatic hydroxyl groups excluding tert-OH is 1. The highest BCUT2D eigenvalue weighted by Gasteiger charge is 2.16. The van der Waals surface area contributed by atoms with Crippen LogP contribution in [0.25, 0.3) is 11.1 Å². The number of benzene rings is 3. The van der Waals surface area contributed by atoms with Gasteiger partial charge in [-0.1, -0.05) is 30.3 Å². The van der Waals surface area contributed by atoms with Gasteiger partial charge in [0.1, 0.15) is 36.5 Å². The van der Waals surface area contributed by atoms with Crippen LogP contribution in [-0.2, 0) is 24.6 Å². The molecule has 4 aromatic rings. The van der Waals surface area contributed by atoms with Gasteiger partial charge in [0, 0.05) is 48.7 Å². The second-order valence-corrected chi connectivity index (χ2v) is 12.8. The van der Waals surface area contributed by atoms with Crippen LogP contribution in [0.2, 0.25) is 0 Å². The Labute approximate surface area is 301 Å². The van der Waals surface area contributed by atoms with Crippen LogP contribution in [-0.4, -0.2) is 65.5 Å². The number of aliphatic hydroxyl groups is 1. The SMILES string of the molecule is Cc1cc(OCc2cccc(-c3cccc(OCCCN4CCCC4)c3C)c2C)cc(OCc2cncc(C#N)c2)c1CNC(C)CO.O=CO. The van der Waals surface area contributed by atoms with Crippen LogP contribution in [0.5, 0.6) is 17.2 Å². The fourth-order valence-electron chi connectivity index (χ4n) is 6.15. The normalized spacial score (nSPS) is 13.1. The van der Waals surface area contributed by atoms with Gasteiger partial charge in [-0.15, -0.1) is 0 Å². The largest absolute Gasteiger partial charge is 0.493 e. The molecule has 0 saturated carbocycles. The number of nitrogens with zero attached hydrogens (tertiary/aromatic N) is 3. The van der Waals surface area contributed by atoms with Gasteiger partial charge in [-0.25, -0.2) is 0 Å². The zero-order valence-electron chi connectivity index (χ0n) is 30.2. The number of hydrogen-bond acceptors (Lipinski definition) is 9. The van der Waals surface area contributed by atoms with E-state index >= 15 is 0 Å². The predicted molar refractivity (Wildman–Crippen MR) is 198 cm³/mol. The quantitative estimate of drug-likeness (QED) is 0.0855. The van der Waals surface area contributed by atoms with Gasteiger partial charge in [0.15, 0.2) is 0 Å². The summed E-state index contributed by atoms with van der Waals surface area (Å²) in [5, 5.41) is 29.1. The van der Waals surface area contributed by atoms with Crippen LogP contribution >= 0.6 is 0 Å². The third-order valence-corrected chi connectivity index (χ3v) is 9.11. The van der Waals surface area contributed by atoms with E-state index in [9.17, 15) is 10.4 Å². The molecule has 51 heavy (non-hydrogen) atoms. The number of carboxylic acid groups (broad SMARTS) is 1. The van der Waals surface area contributed by atoms with E-state index in [4.69, 9.17) is 24.1 Å². The zero-order chi connectivity index (χ0) is 36.6. The first-order valence-electron chi connectivity index (χ1n) is 17.5. The van der Waals surface area contributed by atoms with Gasteiger partial charge in [0.05, 0.1) is 18.8 Å². The monoisotopic (exact) mass is 694 g/mol. The number of hydrogen-bond donors (Lipinski definition) is 3. The molecule has 2 heterocycles. The summed E-state index contributed by atoms with van der Waals surface area (Å²) in [5.41, 5.74) is 9.05. The lowest BCUT2D eigenvalue weighted by atomic mass is 9.93. The molecule has 1 aliphatic rings. The molecule has 1 aromatic heterocycles. The van der Waals surface area contributed by atoms with Crippen molar-refractivity contribution < 1.29 is 29.2 Å². The van der Waals surface area contributed by atoms with Crippen molar-refractivity contribution in [1.29, 1.82) is 5.26 Å². The third kappa shape index (κ3) is 11.3. The average molecular weight is 695 g/mol. The van der Waals surface area contributed by atoms with Crippen molar-refractivity contribution in [3.63, 3.8) is 0 Å². The van der Waals surface area contributed by atoms with Gasteiger partial charge in [-0.05, 0) is 112 Å². The van der Waals surface area contributed by atoms with Gasteiger partial charge in [-0.2, -0.15) is 5.26 Å². The number of ether oxygens (including phenoxy) is 3. The minimum atomic E-state index is -0.250. The van der Waals surface area contributed by atoms with Crippen molar-refractivity contribution in [2.24, 2.45) is 0 Å². The highest BCUT2D eigenvalue weighted by atomic mass is 16.5. The summed E-state index contributed by atoms with van der Waals surface area (Å²) in [6.07, 6.45) is 6.90. The van der Waals surface area contributed by atoms with E-state index in [0.717, 1.165) is 53.1 Å². The van der Waals surface area contributed by atoms with Gasteiger partial charge in [-0.3, -0.25) is 9.78 Å². The standard InChI is InChI=1S/C40H48N4O4.CH2O2/c1-28-18-35(20-40(38(28)24-43-29(2)25-45)48-26-33-19-32(21-41)22-42-23-33)47-27-34-10-7-11-36(30(34)3)37-12-8-13-39(31(37)4)46-17-9-16-44-14-5-6-15-44;2-1-3/h7-8,10-13,18-20,22-23,29,43,45H,5-6,9,14-17,24-27H2,1-4H3;1H,(H,2,3). The number of nitrogens with one attached hydrogen (secondary N) is 1. The fraction of sp³-hybridized carbons (Fsp3) is 0.390. The van der Waals surface area contributed by atoms with Crippen molar-refractivity contribution in [2.75, 3.05) is 32.8 Å². The minimum absolute atomic E-state index is 0.0389. The maximum absolute atomic E-state index is 9.54. The first kappa shape index (κ1) is 38.8. The fourth-order valence-corrected chi connectivity index (χ4v) is 6.15. The Hall–Kier alpha value is -4.95. The Bertz CT molecular complexity index is 1770. The zero-order valence-corrected chi connectivity index (χ0v) is 30.2. The summed E-state index contributed by atoms with van der Waals surface area (Å²) in [4.78, 5) is 15.0. The molecule has 1 fully saturated rings. The van der Waals surface area contributed by atoms with Gasteiger partial charge in [0.2, 0.25) is 0 Å². The number of nitriles is 1. The lowest BCUT2D eigenvalue weighted by Crippen LogP contribution is -2.29.